The largest absolute Gasteiger partial charge is 0.365 e. The van der Waals surface area contributed by atoms with Gasteiger partial charge in [0.25, 0.3) is 11.8 Å². The standard InChI is InChI=1S/C29H30N2O2/c1-19(2)23-12-14-24(15-13-23)31-28(32)26(25-16-11-20(3)17-21(25)4)27(29(31)33)30(5)18-22-9-7-6-8-10-22/h6-17,19H,18H2,1-5H3. The van der Waals surface area contributed by atoms with E-state index in [1.165, 1.54) is 10.5 Å². The Morgan fingerprint density at radius 3 is 2.12 bits per heavy atom. The van der Waals surface area contributed by atoms with Crippen molar-refractivity contribution in [1.29, 1.82) is 0 Å². The number of likely N-dealkylation sites (N-methyl/N-ethyl adjacent to an activating group) is 1. The monoisotopic (exact) mass is 438 g/mol. The zero-order chi connectivity index (χ0) is 23.7. The molecule has 3 aromatic carbocycles. The van der Waals surface area contributed by atoms with Crippen molar-refractivity contribution in [2.75, 3.05) is 11.9 Å². The molecule has 0 spiro atoms. The van der Waals surface area contributed by atoms with Crippen molar-refractivity contribution >= 4 is 23.1 Å². The van der Waals surface area contributed by atoms with Crippen LogP contribution in [0, 0.1) is 13.8 Å². The average Bonchev–Trinajstić information content (AvgIpc) is 3.04. The summed E-state index contributed by atoms with van der Waals surface area (Å²) in [5.41, 5.74) is 6.64. The Labute approximate surface area is 196 Å². The van der Waals surface area contributed by atoms with Crippen molar-refractivity contribution in [2.24, 2.45) is 0 Å². The first-order valence-corrected chi connectivity index (χ1v) is 11.3. The Bertz CT molecular complexity index is 1220. The van der Waals surface area contributed by atoms with Gasteiger partial charge in [-0.1, -0.05) is 80.1 Å². The van der Waals surface area contributed by atoms with Crippen LogP contribution in [0.5, 0.6) is 0 Å². The first-order valence-electron chi connectivity index (χ1n) is 11.3. The van der Waals surface area contributed by atoms with Gasteiger partial charge in [0.15, 0.2) is 0 Å². The van der Waals surface area contributed by atoms with E-state index in [0.29, 0.717) is 29.4 Å². The second-order valence-corrected chi connectivity index (χ2v) is 9.08. The van der Waals surface area contributed by atoms with Gasteiger partial charge in [0.1, 0.15) is 5.70 Å². The number of imide groups is 1. The molecule has 0 aromatic heterocycles. The summed E-state index contributed by atoms with van der Waals surface area (Å²) in [5, 5.41) is 0. The summed E-state index contributed by atoms with van der Waals surface area (Å²) in [5.74, 6) is -0.189. The maximum atomic E-state index is 13.8. The molecule has 168 valence electrons. The van der Waals surface area contributed by atoms with Crippen LogP contribution in [0.1, 0.15) is 47.6 Å². The number of carbonyl (C=O) groups is 2. The fraction of sp³-hybridized carbons (Fsp3) is 0.241. The average molecular weight is 439 g/mol. The van der Waals surface area contributed by atoms with E-state index < -0.39 is 0 Å². The van der Waals surface area contributed by atoms with E-state index in [1.54, 1.807) is 0 Å². The number of aryl methyl sites for hydroxylation is 2. The number of anilines is 1. The molecule has 4 nitrogen and oxygen atoms in total. The Balaban J connectivity index is 1.80. The molecule has 0 unspecified atom stereocenters. The molecule has 4 rings (SSSR count). The Morgan fingerprint density at radius 1 is 0.848 bits per heavy atom. The van der Waals surface area contributed by atoms with Gasteiger partial charge in [0.2, 0.25) is 0 Å². The highest BCUT2D eigenvalue weighted by Crippen LogP contribution is 2.36. The second-order valence-electron chi connectivity index (χ2n) is 9.08. The minimum absolute atomic E-state index is 0.279. The second kappa shape index (κ2) is 9.07. The smallest absolute Gasteiger partial charge is 0.282 e. The van der Waals surface area contributed by atoms with Crippen LogP contribution >= 0.6 is 0 Å². The first-order chi connectivity index (χ1) is 15.8. The van der Waals surface area contributed by atoms with Crippen molar-refractivity contribution in [1.82, 2.24) is 4.90 Å². The van der Waals surface area contributed by atoms with E-state index in [9.17, 15) is 9.59 Å². The van der Waals surface area contributed by atoms with Crippen LogP contribution in [0.3, 0.4) is 0 Å². The van der Waals surface area contributed by atoms with Crippen LogP contribution < -0.4 is 4.90 Å². The third kappa shape index (κ3) is 4.34. The third-order valence-electron chi connectivity index (χ3n) is 6.17. The normalized spacial score (nSPS) is 13.9. The minimum Gasteiger partial charge on any atom is -0.365 e. The molecule has 2 amide bonds. The van der Waals surface area contributed by atoms with E-state index in [-0.39, 0.29) is 11.8 Å². The molecular weight excluding hydrogens is 408 g/mol. The third-order valence-corrected chi connectivity index (χ3v) is 6.17. The van der Waals surface area contributed by atoms with E-state index >= 15 is 0 Å². The van der Waals surface area contributed by atoms with Gasteiger partial charge < -0.3 is 4.90 Å². The van der Waals surface area contributed by atoms with Gasteiger partial charge in [-0.3, -0.25) is 9.59 Å². The fourth-order valence-electron chi connectivity index (χ4n) is 4.39. The van der Waals surface area contributed by atoms with Gasteiger partial charge in [-0.05, 0) is 54.2 Å². The number of amides is 2. The molecule has 0 radical (unpaired) electrons. The number of benzene rings is 3. The molecule has 1 aliphatic rings. The predicted octanol–water partition coefficient (Wildman–Crippen LogP) is 5.84. The lowest BCUT2D eigenvalue weighted by atomic mass is 9.97. The summed E-state index contributed by atoms with van der Waals surface area (Å²) in [7, 11) is 1.88. The molecule has 0 fully saturated rings. The molecule has 0 saturated carbocycles. The summed E-state index contributed by atoms with van der Waals surface area (Å²) in [6.45, 7) is 8.79. The number of nitrogens with zero attached hydrogens (tertiary/aromatic N) is 2. The van der Waals surface area contributed by atoms with Crippen LogP contribution in [-0.4, -0.2) is 23.8 Å². The molecule has 0 aliphatic carbocycles. The number of carbonyl (C=O) groups excluding carboxylic acids is 2. The van der Waals surface area contributed by atoms with Crippen molar-refractivity contribution in [3.8, 4) is 0 Å². The van der Waals surface area contributed by atoms with Crippen LogP contribution in [-0.2, 0) is 16.1 Å². The van der Waals surface area contributed by atoms with Crippen molar-refractivity contribution < 1.29 is 9.59 Å². The molecule has 33 heavy (non-hydrogen) atoms. The highest BCUT2D eigenvalue weighted by atomic mass is 16.2. The number of rotatable bonds is 6. The lowest BCUT2D eigenvalue weighted by Crippen LogP contribution is -2.34. The Hall–Kier alpha value is -3.66. The molecule has 0 atom stereocenters. The van der Waals surface area contributed by atoms with Crippen LogP contribution in [0.4, 0.5) is 5.69 Å². The van der Waals surface area contributed by atoms with Crippen molar-refractivity contribution in [3.63, 3.8) is 0 Å². The van der Waals surface area contributed by atoms with Gasteiger partial charge in [-0.15, -0.1) is 0 Å². The summed E-state index contributed by atoms with van der Waals surface area (Å²) in [4.78, 5) is 30.7. The van der Waals surface area contributed by atoms with Gasteiger partial charge in [0.05, 0.1) is 11.3 Å². The number of hydrogen-bond acceptors (Lipinski definition) is 3. The number of hydrogen-bond donors (Lipinski definition) is 0. The molecule has 1 aliphatic heterocycles. The van der Waals surface area contributed by atoms with Gasteiger partial charge in [-0.25, -0.2) is 4.90 Å². The zero-order valence-corrected chi connectivity index (χ0v) is 19.9. The van der Waals surface area contributed by atoms with Gasteiger partial charge >= 0.3 is 0 Å². The van der Waals surface area contributed by atoms with Gasteiger partial charge in [0, 0.05) is 13.6 Å². The first kappa shape index (κ1) is 22.5. The minimum atomic E-state index is -0.286. The molecular formula is C29H30N2O2. The molecule has 0 N–H and O–H groups in total. The van der Waals surface area contributed by atoms with Gasteiger partial charge in [-0.2, -0.15) is 0 Å². The van der Waals surface area contributed by atoms with Crippen molar-refractivity contribution in [2.45, 2.75) is 40.2 Å². The summed E-state index contributed by atoms with van der Waals surface area (Å²) in [6.07, 6.45) is 0. The molecule has 3 aromatic rings. The molecule has 1 heterocycles. The SMILES string of the molecule is Cc1ccc(C2=C(N(C)Cc3ccccc3)C(=O)N(c3ccc(C(C)C)cc3)C2=O)c(C)c1. The van der Waals surface area contributed by atoms with E-state index in [1.807, 2.05) is 92.5 Å². The highest BCUT2D eigenvalue weighted by molar-refractivity contribution is 6.45. The van der Waals surface area contributed by atoms with Crippen molar-refractivity contribution in [3.05, 3.63) is 106 Å². The van der Waals surface area contributed by atoms with E-state index in [4.69, 9.17) is 0 Å². The topological polar surface area (TPSA) is 40.6 Å². The maximum Gasteiger partial charge on any atom is 0.282 e. The summed E-state index contributed by atoms with van der Waals surface area (Å²) < 4.78 is 0. The molecule has 4 heteroatoms. The summed E-state index contributed by atoms with van der Waals surface area (Å²) in [6, 6.07) is 23.7. The highest BCUT2D eigenvalue weighted by Gasteiger charge is 2.42. The van der Waals surface area contributed by atoms with Crippen LogP contribution in [0.15, 0.2) is 78.5 Å². The molecule has 0 saturated heterocycles. The quantitative estimate of drug-likeness (QED) is 0.454. The zero-order valence-electron chi connectivity index (χ0n) is 19.9. The lowest BCUT2D eigenvalue weighted by molar-refractivity contribution is -0.120. The summed E-state index contributed by atoms with van der Waals surface area (Å²) >= 11 is 0. The van der Waals surface area contributed by atoms with E-state index in [0.717, 1.165) is 22.3 Å². The molecule has 0 bridgehead atoms. The van der Waals surface area contributed by atoms with Crippen LogP contribution in [0.25, 0.3) is 5.57 Å². The maximum absolute atomic E-state index is 13.8. The predicted molar refractivity (Wildman–Crippen MR) is 134 cm³/mol. The Morgan fingerprint density at radius 2 is 1.52 bits per heavy atom. The van der Waals surface area contributed by atoms with E-state index in [2.05, 4.69) is 19.9 Å². The fourth-order valence-corrected chi connectivity index (χ4v) is 4.39. The lowest BCUT2D eigenvalue weighted by Gasteiger charge is -2.22. The Kier molecular flexibility index (Phi) is 6.19. The van der Waals surface area contributed by atoms with Crippen LogP contribution in [0.2, 0.25) is 0 Å².